The van der Waals surface area contributed by atoms with Crippen molar-refractivity contribution in [3.8, 4) is 21.9 Å². The third kappa shape index (κ3) is 3.58. The molecule has 5 rings (SSSR count). The monoisotopic (exact) mass is 448 g/mol. The van der Waals surface area contributed by atoms with E-state index in [0.717, 1.165) is 21.7 Å². The van der Waals surface area contributed by atoms with Crippen LogP contribution in [0.2, 0.25) is 0 Å². The molecule has 31 heavy (non-hydrogen) atoms. The zero-order chi connectivity index (χ0) is 21.4. The number of furan rings is 1. The number of carbonyl (C=O) groups is 1. The summed E-state index contributed by atoms with van der Waals surface area (Å²) in [5.41, 5.74) is 5.28. The molecule has 9 heteroatoms. The van der Waals surface area contributed by atoms with E-state index in [1.54, 1.807) is 23.8 Å². The lowest BCUT2D eigenvalue weighted by atomic mass is 10.1. The van der Waals surface area contributed by atoms with Crippen LogP contribution in [0.25, 0.3) is 32.1 Å². The van der Waals surface area contributed by atoms with Crippen molar-refractivity contribution in [2.75, 3.05) is 5.43 Å². The van der Waals surface area contributed by atoms with Gasteiger partial charge in [0.25, 0.3) is 11.5 Å². The van der Waals surface area contributed by atoms with Crippen molar-refractivity contribution in [2.45, 2.75) is 13.3 Å². The Bertz CT molecular complexity index is 1430. The quantitative estimate of drug-likeness (QED) is 0.418. The van der Waals surface area contributed by atoms with Gasteiger partial charge in [-0.15, -0.1) is 22.7 Å². The van der Waals surface area contributed by atoms with Crippen LogP contribution in [0.4, 0.5) is 0 Å². The zero-order valence-electron chi connectivity index (χ0n) is 16.4. The smallest absolute Gasteiger partial charge is 0.289 e. The lowest BCUT2D eigenvalue weighted by Crippen LogP contribution is -2.33. The molecule has 7 nitrogen and oxygen atoms in total. The van der Waals surface area contributed by atoms with Crippen LogP contribution in [-0.2, 0) is 6.42 Å². The fourth-order valence-corrected chi connectivity index (χ4v) is 4.88. The Kier molecular flexibility index (Phi) is 4.97. The second-order valence-electron chi connectivity index (χ2n) is 6.76. The van der Waals surface area contributed by atoms with Gasteiger partial charge in [-0.25, -0.2) is 14.6 Å². The highest BCUT2D eigenvalue weighted by molar-refractivity contribution is 7.17. The Balaban J connectivity index is 1.43. The minimum atomic E-state index is -0.481. The van der Waals surface area contributed by atoms with Gasteiger partial charge >= 0.3 is 0 Å². The van der Waals surface area contributed by atoms with Crippen LogP contribution in [0.15, 0.2) is 69.0 Å². The average Bonchev–Trinajstić information content (AvgIpc) is 3.55. The van der Waals surface area contributed by atoms with E-state index in [0.29, 0.717) is 21.5 Å². The molecule has 0 aliphatic heterocycles. The van der Waals surface area contributed by atoms with Crippen molar-refractivity contribution in [2.24, 2.45) is 0 Å². The van der Waals surface area contributed by atoms with Crippen LogP contribution in [0, 0.1) is 0 Å². The van der Waals surface area contributed by atoms with Crippen LogP contribution in [0.5, 0.6) is 0 Å². The molecule has 0 bridgehead atoms. The number of aryl methyl sites for hydroxylation is 1. The van der Waals surface area contributed by atoms with Crippen molar-refractivity contribution < 1.29 is 9.21 Å². The average molecular weight is 449 g/mol. The van der Waals surface area contributed by atoms with Crippen molar-refractivity contribution in [1.29, 1.82) is 0 Å². The largest absolute Gasteiger partial charge is 0.464 e. The van der Waals surface area contributed by atoms with E-state index in [9.17, 15) is 9.59 Å². The van der Waals surface area contributed by atoms with E-state index in [2.05, 4.69) is 22.3 Å². The summed E-state index contributed by atoms with van der Waals surface area (Å²) in [5.74, 6) is 0.0955. The maximum absolute atomic E-state index is 13.0. The number of nitrogens with zero attached hydrogens (tertiary/aromatic N) is 3. The first-order valence-corrected chi connectivity index (χ1v) is 11.3. The Morgan fingerprint density at radius 3 is 2.74 bits per heavy atom. The summed E-state index contributed by atoms with van der Waals surface area (Å²) < 4.78 is 6.51. The third-order valence-corrected chi connectivity index (χ3v) is 6.63. The number of aromatic nitrogens is 3. The first-order chi connectivity index (χ1) is 15.1. The number of rotatable bonds is 5. The van der Waals surface area contributed by atoms with Crippen LogP contribution in [0.3, 0.4) is 0 Å². The van der Waals surface area contributed by atoms with Gasteiger partial charge in [0.15, 0.2) is 0 Å². The minimum absolute atomic E-state index is 0.239. The first kappa shape index (κ1) is 19.4. The summed E-state index contributed by atoms with van der Waals surface area (Å²) in [6.45, 7) is 2.10. The standard InChI is InChI=1S/C22H16N4O3S2/c1-2-13-5-7-14(8-6-13)20-24-16(11-31-20)19(27)25-26-12-23-21-18(22(26)28)15(10-30-21)17-4-3-9-29-17/h3-12H,2H2,1H3,(H,25,27). The highest BCUT2D eigenvalue weighted by atomic mass is 32.1. The molecule has 0 radical (unpaired) electrons. The van der Waals surface area contributed by atoms with Gasteiger partial charge in [-0.2, -0.15) is 0 Å². The van der Waals surface area contributed by atoms with Crippen molar-refractivity contribution in [3.05, 3.63) is 81.4 Å². The molecular weight excluding hydrogens is 432 g/mol. The molecule has 4 heterocycles. The van der Waals surface area contributed by atoms with Crippen molar-refractivity contribution in [1.82, 2.24) is 14.6 Å². The van der Waals surface area contributed by atoms with Crippen molar-refractivity contribution >= 4 is 38.8 Å². The topological polar surface area (TPSA) is 90.0 Å². The lowest BCUT2D eigenvalue weighted by Gasteiger charge is -2.06. The zero-order valence-corrected chi connectivity index (χ0v) is 18.0. The Labute approximate surface area is 184 Å². The number of benzene rings is 1. The number of hydrogen-bond donors (Lipinski definition) is 1. The van der Waals surface area contributed by atoms with E-state index >= 15 is 0 Å². The molecule has 1 amide bonds. The molecule has 0 aliphatic rings. The fourth-order valence-electron chi connectivity index (χ4n) is 3.19. The van der Waals surface area contributed by atoms with Crippen LogP contribution >= 0.6 is 22.7 Å². The van der Waals surface area contributed by atoms with Gasteiger partial charge in [-0.3, -0.25) is 15.0 Å². The SMILES string of the molecule is CCc1ccc(-c2nc(C(=O)Nn3cnc4scc(-c5ccco5)c4c3=O)cs2)cc1. The van der Waals surface area contributed by atoms with Crippen LogP contribution in [-0.4, -0.2) is 20.6 Å². The summed E-state index contributed by atoms with van der Waals surface area (Å²) in [5, 5.41) is 4.64. The first-order valence-electron chi connectivity index (χ1n) is 9.53. The highest BCUT2D eigenvalue weighted by Crippen LogP contribution is 2.30. The summed E-state index contributed by atoms with van der Waals surface area (Å²) >= 11 is 2.72. The number of carbonyl (C=O) groups excluding carboxylic acids is 1. The Morgan fingerprint density at radius 1 is 1.16 bits per heavy atom. The molecule has 0 atom stereocenters. The van der Waals surface area contributed by atoms with Gasteiger partial charge in [-0.05, 0) is 24.1 Å². The maximum Gasteiger partial charge on any atom is 0.289 e. The predicted molar refractivity (Wildman–Crippen MR) is 122 cm³/mol. The third-order valence-electron chi connectivity index (χ3n) is 4.85. The number of thiophene rings is 1. The minimum Gasteiger partial charge on any atom is -0.464 e. The van der Waals surface area contributed by atoms with E-state index in [1.807, 2.05) is 29.6 Å². The molecule has 0 aliphatic carbocycles. The molecule has 5 aromatic rings. The van der Waals surface area contributed by atoms with E-state index in [-0.39, 0.29) is 11.3 Å². The predicted octanol–water partition coefficient (Wildman–Crippen LogP) is 4.79. The van der Waals surface area contributed by atoms with E-state index < -0.39 is 5.91 Å². The normalized spacial score (nSPS) is 11.1. The number of amides is 1. The van der Waals surface area contributed by atoms with E-state index in [4.69, 9.17) is 4.42 Å². The molecule has 0 saturated heterocycles. The molecule has 0 spiro atoms. The molecule has 0 saturated carbocycles. The summed E-state index contributed by atoms with van der Waals surface area (Å²) in [7, 11) is 0. The fraction of sp³-hybridized carbons (Fsp3) is 0.0909. The molecule has 1 N–H and O–H groups in total. The summed E-state index contributed by atoms with van der Waals surface area (Å²) in [4.78, 5) is 35.0. The number of nitrogens with one attached hydrogen (secondary N) is 1. The van der Waals surface area contributed by atoms with Crippen molar-refractivity contribution in [3.63, 3.8) is 0 Å². The molecular formula is C22H16N4O3S2. The van der Waals surface area contributed by atoms with Crippen LogP contribution in [0.1, 0.15) is 23.0 Å². The highest BCUT2D eigenvalue weighted by Gasteiger charge is 2.17. The molecule has 1 aromatic carbocycles. The molecule has 4 aromatic heterocycles. The van der Waals surface area contributed by atoms with Gasteiger partial charge in [0.2, 0.25) is 0 Å². The number of fused-ring (bicyclic) bond motifs is 1. The molecule has 154 valence electrons. The maximum atomic E-state index is 13.0. The van der Waals surface area contributed by atoms with Gasteiger partial charge in [0, 0.05) is 21.9 Å². The lowest BCUT2D eigenvalue weighted by molar-refractivity contribution is 0.100. The Morgan fingerprint density at radius 2 is 2.00 bits per heavy atom. The van der Waals surface area contributed by atoms with Gasteiger partial charge in [0.05, 0.1) is 11.6 Å². The van der Waals surface area contributed by atoms with Crippen LogP contribution < -0.4 is 11.0 Å². The van der Waals surface area contributed by atoms with Gasteiger partial charge in [-0.1, -0.05) is 31.2 Å². The van der Waals surface area contributed by atoms with Gasteiger partial charge < -0.3 is 4.42 Å². The summed E-state index contributed by atoms with van der Waals surface area (Å²) in [6, 6.07) is 11.6. The van der Waals surface area contributed by atoms with E-state index in [1.165, 1.54) is 34.6 Å². The molecule has 0 fully saturated rings. The summed E-state index contributed by atoms with van der Waals surface area (Å²) in [6.07, 6.45) is 3.82. The number of hydrogen-bond acceptors (Lipinski definition) is 7. The van der Waals surface area contributed by atoms with Gasteiger partial charge in [0.1, 0.15) is 27.6 Å². The molecule has 0 unspecified atom stereocenters. The second kappa shape index (κ2) is 7.93. The second-order valence-corrected chi connectivity index (χ2v) is 8.47. The number of thiazole rings is 1. The Hall–Kier alpha value is -3.56.